The Bertz CT molecular complexity index is 612. The second-order valence-corrected chi connectivity index (χ2v) is 7.23. The third-order valence-electron chi connectivity index (χ3n) is 4.00. The van der Waals surface area contributed by atoms with Gasteiger partial charge in [-0.3, -0.25) is 4.90 Å². The van der Waals surface area contributed by atoms with Gasteiger partial charge in [-0.2, -0.15) is 0 Å². The normalized spacial score (nSPS) is 12.7. The summed E-state index contributed by atoms with van der Waals surface area (Å²) in [7, 11) is 0. The molecule has 0 unspecified atom stereocenters. The smallest absolute Gasteiger partial charge is 0.0900 e. The van der Waals surface area contributed by atoms with Gasteiger partial charge in [0.1, 0.15) is 0 Å². The van der Waals surface area contributed by atoms with Crippen LogP contribution in [0.1, 0.15) is 30.5 Å². The Balaban J connectivity index is 1.83. The van der Waals surface area contributed by atoms with Crippen LogP contribution in [-0.2, 0) is 17.9 Å². The molecule has 136 valence electrons. The fourth-order valence-electron chi connectivity index (χ4n) is 3.03. The van der Waals surface area contributed by atoms with Crippen LogP contribution in [0.25, 0.3) is 0 Å². The molecule has 2 rings (SSSR count). The van der Waals surface area contributed by atoms with Crippen LogP contribution in [0.2, 0.25) is 0 Å². The highest BCUT2D eigenvalue weighted by atomic mass is 16.5. The molecule has 2 aromatic carbocycles. The van der Waals surface area contributed by atoms with E-state index >= 15 is 0 Å². The molecule has 25 heavy (non-hydrogen) atoms. The van der Waals surface area contributed by atoms with Crippen LogP contribution < -0.4 is 0 Å². The van der Waals surface area contributed by atoms with E-state index in [0.29, 0.717) is 25.7 Å². The number of benzene rings is 2. The molecule has 3 nitrogen and oxygen atoms in total. The summed E-state index contributed by atoms with van der Waals surface area (Å²) >= 11 is 0. The maximum absolute atomic E-state index is 10.4. The molecule has 0 saturated heterocycles. The number of aryl methyl sites for hydroxylation is 1. The summed E-state index contributed by atoms with van der Waals surface area (Å²) in [6.45, 7) is 9.88. The van der Waals surface area contributed by atoms with Gasteiger partial charge in [0.2, 0.25) is 0 Å². The first-order valence-corrected chi connectivity index (χ1v) is 9.10. The van der Waals surface area contributed by atoms with Gasteiger partial charge in [0.05, 0.1) is 19.3 Å². The lowest BCUT2D eigenvalue weighted by Gasteiger charge is -2.27. The summed E-state index contributed by atoms with van der Waals surface area (Å²) in [5.41, 5.74) is 3.69. The lowest BCUT2D eigenvalue weighted by atomic mass is 10.1. The zero-order valence-electron chi connectivity index (χ0n) is 15.7. The second-order valence-electron chi connectivity index (χ2n) is 7.23. The SMILES string of the molecule is Cc1cccc(CN(CC(C)C)C[C@@H](O)COCc2ccccc2)c1. The third kappa shape index (κ3) is 7.82. The quantitative estimate of drug-likeness (QED) is 0.708. The molecule has 0 aliphatic rings. The van der Waals surface area contributed by atoms with Gasteiger partial charge in [-0.05, 0) is 24.0 Å². The third-order valence-corrected chi connectivity index (χ3v) is 4.00. The summed E-state index contributed by atoms with van der Waals surface area (Å²) in [4.78, 5) is 2.32. The molecule has 0 aromatic heterocycles. The highest BCUT2D eigenvalue weighted by Crippen LogP contribution is 2.11. The molecule has 0 saturated carbocycles. The van der Waals surface area contributed by atoms with Crippen molar-refractivity contribution in [3.05, 3.63) is 71.3 Å². The van der Waals surface area contributed by atoms with Crippen molar-refractivity contribution in [2.24, 2.45) is 5.92 Å². The Labute approximate surface area is 152 Å². The van der Waals surface area contributed by atoms with Crippen LogP contribution in [0.5, 0.6) is 0 Å². The zero-order valence-corrected chi connectivity index (χ0v) is 15.7. The fourth-order valence-corrected chi connectivity index (χ4v) is 3.03. The Morgan fingerprint density at radius 3 is 2.36 bits per heavy atom. The van der Waals surface area contributed by atoms with E-state index in [-0.39, 0.29) is 0 Å². The van der Waals surface area contributed by atoms with E-state index in [1.807, 2.05) is 30.3 Å². The summed E-state index contributed by atoms with van der Waals surface area (Å²) in [6.07, 6.45) is -0.479. The van der Waals surface area contributed by atoms with Crippen LogP contribution in [0.15, 0.2) is 54.6 Å². The van der Waals surface area contributed by atoms with Crippen LogP contribution in [0, 0.1) is 12.8 Å². The largest absolute Gasteiger partial charge is 0.389 e. The predicted molar refractivity (Wildman–Crippen MR) is 103 cm³/mol. The number of ether oxygens (including phenoxy) is 1. The number of hydrogen-bond acceptors (Lipinski definition) is 3. The first kappa shape index (κ1) is 19.6. The maximum Gasteiger partial charge on any atom is 0.0900 e. The lowest BCUT2D eigenvalue weighted by Crippen LogP contribution is -2.36. The van der Waals surface area contributed by atoms with Gasteiger partial charge >= 0.3 is 0 Å². The van der Waals surface area contributed by atoms with E-state index in [1.165, 1.54) is 11.1 Å². The van der Waals surface area contributed by atoms with E-state index < -0.39 is 6.10 Å². The summed E-state index contributed by atoms with van der Waals surface area (Å²) in [6, 6.07) is 18.6. The van der Waals surface area contributed by atoms with Crippen molar-refractivity contribution in [2.75, 3.05) is 19.7 Å². The van der Waals surface area contributed by atoms with Crippen LogP contribution in [0.4, 0.5) is 0 Å². The van der Waals surface area contributed by atoms with Gasteiger partial charge in [0.15, 0.2) is 0 Å². The van der Waals surface area contributed by atoms with Gasteiger partial charge < -0.3 is 9.84 Å². The minimum Gasteiger partial charge on any atom is -0.389 e. The van der Waals surface area contributed by atoms with Crippen molar-refractivity contribution in [2.45, 2.75) is 40.0 Å². The number of aliphatic hydroxyl groups excluding tert-OH is 1. The van der Waals surface area contributed by atoms with Gasteiger partial charge in [-0.15, -0.1) is 0 Å². The van der Waals surface area contributed by atoms with E-state index in [2.05, 4.69) is 49.9 Å². The Hall–Kier alpha value is -1.68. The molecular formula is C22H31NO2. The average molecular weight is 341 g/mol. The minimum absolute atomic E-state index is 0.358. The Morgan fingerprint density at radius 1 is 0.960 bits per heavy atom. The van der Waals surface area contributed by atoms with Crippen molar-refractivity contribution < 1.29 is 9.84 Å². The minimum atomic E-state index is -0.479. The second kappa shape index (κ2) is 10.3. The van der Waals surface area contributed by atoms with E-state index in [4.69, 9.17) is 4.74 Å². The predicted octanol–water partition coefficient (Wildman–Crippen LogP) is 4.03. The van der Waals surface area contributed by atoms with Crippen LogP contribution in [0.3, 0.4) is 0 Å². The number of aliphatic hydroxyl groups is 1. The molecular weight excluding hydrogens is 310 g/mol. The van der Waals surface area contributed by atoms with Gasteiger partial charge in [0.25, 0.3) is 0 Å². The topological polar surface area (TPSA) is 32.7 Å². The van der Waals surface area contributed by atoms with Crippen molar-refractivity contribution in [1.82, 2.24) is 4.90 Å². The first-order valence-electron chi connectivity index (χ1n) is 9.10. The summed E-state index contributed by atoms with van der Waals surface area (Å²) in [5, 5.41) is 10.4. The molecule has 0 aliphatic heterocycles. The Kier molecular flexibility index (Phi) is 8.13. The van der Waals surface area contributed by atoms with Gasteiger partial charge in [-0.1, -0.05) is 74.0 Å². The zero-order chi connectivity index (χ0) is 18.1. The standard InChI is InChI=1S/C22H31NO2/c1-18(2)13-23(14-21-11-7-8-19(3)12-21)15-22(24)17-25-16-20-9-5-4-6-10-20/h4-12,18,22,24H,13-17H2,1-3H3/t22-/m1/s1. The van der Waals surface area contributed by atoms with Crippen molar-refractivity contribution >= 4 is 0 Å². The van der Waals surface area contributed by atoms with Gasteiger partial charge in [0, 0.05) is 19.6 Å². The van der Waals surface area contributed by atoms with E-state index in [9.17, 15) is 5.11 Å². The van der Waals surface area contributed by atoms with Crippen molar-refractivity contribution in [3.63, 3.8) is 0 Å². The highest BCUT2D eigenvalue weighted by Gasteiger charge is 2.14. The molecule has 0 fully saturated rings. The summed E-state index contributed by atoms with van der Waals surface area (Å²) < 4.78 is 5.68. The maximum atomic E-state index is 10.4. The molecule has 0 radical (unpaired) electrons. The fraction of sp³-hybridized carbons (Fsp3) is 0.455. The number of rotatable bonds is 10. The summed E-state index contributed by atoms with van der Waals surface area (Å²) in [5.74, 6) is 0.558. The van der Waals surface area contributed by atoms with Gasteiger partial charge in [-0.25, -0.2) is 0 Å². The number of hydrogen-bond donors (Lipinski definition) is 1. The molecule has 2 aromatic rings. The molecule has 0 amide bonds. The monoisotopic (exact) mass is 341 g/mol. The number of nitrogens with zero attached hydrogens (tertiary/aromatic N) is 1. The van der Waals surface area contributed by atoms with Crippen molar-refractivity contribution in [3.8, 4) is 0 Å². The van der Waals surface area contributed by atoms with Crippen LogP contribution >= 0.6 is 0 Å². The van der Waals surface area contributed by atoms with Crippen LogP contribution in [-0.4, -0.2) is 35.8 Å². The Morgan fingerprint density at radius 2 is 1.68 bits per heavy atom. The van der Waals surface area contributed by atoms with Crippen molar-refractivity contribution in [1.29, 1.82) is 0 Å². The van der Waals surface area contributed by atoms with E-state index in [1.54, 1.807) is 0 Å². The molecule has 0 aliphatic carbocycles. The molecule has 0 heterocycles. The molecule has 3 heteroatoms. The average Bonchev–Trinajstić information content (AvgIpc) is 2.55. The molecule has 1 N–H and O–H groups in total. The lowest BCUT2D eigenvalue weighted by molar-refractivity contribution is 0.00678. The molecule has 0 spiro atoms. The molecule has 1 atom stereocenters. The van der Waals surface area contributed by atoms with E-state index in [0.717, 1.165) is 18.7 Å². The first-order chi connectivity index (χ1) is 12.0. The molecule has 0 bridgehead atoms. The highest BCUT2D eigenvalue weighted by molar-refractivity contribution is 5.22.